The number of carbonyl (C=O) groups excluding carboxylic acids is 3. The Morgan fingerprint density at radius 1 is 1.03 bits per heavy atom. The molecule has 1 saturated heterocycles. The van der Waals surface area contributed by atoms with E-state index >= 15 is 0 Å². The van der Waals surface area contributed by atoms with Crippen molar-refractivity contribution in [3.63, 3.8) is 0 Å². The van der Waals surface area contributed by atoms with Crippen LogP contribution in [-0.2, 0) is 34.6 Å². The van der Waals surface area contributed by atoms with Gasteiger partial charge in [-0.25, -0.2) is 12.7 Å². The Morgan fingerprint density at radius 3 is 2.26 bits per heavy atom. The maximum Gasteiger partial charge on any atom is 0.317 e. The maximum atomic E-state index is 13.2. The molecule has 2 aromatic carbocycles. The van der Waals surface area contributed by atoms with E-state index in [1.165, 1.54) is 39.2 Å². The molecule has 0 aromatic heterocycles. The van der Waals surface area contributed by atoms with E-state index in [2.05, 4.69) is 5.32 Å². The first-order valence-corrected chi connectivity index (χ1v) is 12.3. The zero-order valence-corrected chi connectivity index (χ0v) is 20.3. The van der Waals surface area contributed by atoms with E-state index in [0.29, 0.717) is 25.9 Å². The molecule has 1 N–H and O–H groups in total. The van der Waals surface area contributed by atoms with Crippen molar-refractivity contribution >= 4 is 33.5 Å². The minimum Gasteiger partial charge on any atom is -0.455 e. The van der Waals surface area contributed by atoms with Crippen molar-refractivity contribution in [3.8, 4) is 0 Å². The third kappa shape index (κ3) is 5.45. The van der Waals surface area contributed by atoms with E-state index in [-0.39, 0.29) is 16.5 Å². The largest absolute Gasteiger partial charge is 0.455 e. The molecule has 9 nitrogen and oxygen atoms in total. The molecule has 0 aliphatic carbocycles. The van der Waals surface area contributed by atoms with Gasteiger partial charge in [0, 0.05) is 39.8 Å². The fraction of sp³-hybridized carbons (Fsp3) is 0.375. The predicted molar refractivity (Wildman–Crippen MR) is 127 cm³/mol. The summed E-state index contributed by atoms with van der Waals surface area (Å²) < 4.78 is 31.1. The van der Waals surface area contributed by atoms with E-state index in [1.54, 1.807) is 11.0 Å². The number of nitrogens with one attached hydrogen (secondary N) is 1. The second-order valence-corrected chi connectivity index (χ2v) is 10.5. The number of likely N-dealkylation sites (tertiary alicyclic amines) is 1. The van der Waals surface area contributed by atoms with Crippen LogP contribution >= 0.6 is 0 Å². The Labute approximate surface area is 199 Å². The summed E-state index contributed by atoms with van der Waals surface area (Å²) in [6.45, 7) is 1.81. The Balaban J connectivity index is 1.70. The van der Waals surface area contributed by atoms with Gasteiger partial charge in [-0.05, 0) is 36.6 Å². The second-order valence-electron chi connectivity index (χ2n) is 8.39. The summed E-state index contributed by atoms with van der Waals surface area (Å²) in [6.07, 6.45) is 0.781. The SMILES string of the molecule is CC(=O)N1CCC(C(=O)OCC(=O)Nc2cccc(S(=O)(=O)N(C)C)c2)(c2ccccc2)CC1. The molecule has 0 bridgehead atoms. The van der Waals surface area contributed by atoms with E-state index < -0.39 is 33.9 Å². The molecule has 1 aliphatic rings. The summed E-state index contributed by atoms with van der Waals surface area (Å²) in [7, 11) is -0.816. The number of anilines is 1. The van der Waals surface area contributed by atoms with Crippen LogP contribution in [0.5, 0.6) is 0 Å². The number of amides is 2. The molecule has 2 amide bonds. The summed E-state index contributed by atoms with van der Waals surface area (Å²) in [5.41, 5.74) is 0.106. The van der Waals surface area contributed by atoms with Crippen molar-refractivity contribution in [3.05, 3.63) is 60.2 Å². The minimum absolute atomic E-state index is 0.0348. The van der Waals surface area contributed by atoms with Gasteiger partial charge in [0.25, 0.3) is 5.91 Å². The number of carbonyl (C=O) groups is 3. The first-order chi connectivity index (χ1) is 16.1. The Bertz CT molecular complexity index is 1160. The monoisotopic (exact) mass is 487 g/mol. The third-order valence-corrected chi connectivity index (χ3v) is 7.82. The summed E-state index contributed by atoms with van der Waals surface area (Å²) >= 11 is 0. The number of benzene rings is 2. The van der Waals surface area contributed by atoms with Crippen molar-refractivity contribution in [1.82, 2.24) is 9.21 Å². The molecule has 1 heterocycles. The van der Waals surface area contributed by atoms with Gasteiger partial charge < -0.3 is 15.0 Å². The van der Waals surface area contributed by atoms with E-state index in [9.17, 15) is 22.8 Å². The number of sulfonamides is 1. The quantitative estimate of drug-likeness (QED) is 0.598. The summed E-state index contributed by atoms with van der Waals surface area (Å²) in [5, 5.41) is 2.57. The van der Waals surface area contributed by atoms with E-state index in [4.69, 9.17) is 4.74 Å². The van der Waals surface area contributed by atoms with Crippen LogP contribution in [0.25, 0.3) is 0 Å². The number of hydrogen-bond acceptors (Lipinski definition) is 6. The standard InChI is InChI=1S/C24H29N3O6S/c1-18(28)27-14-12-24(13-15-27,19-8-5-4-6-9-19)23(30)33-17-22(29)25-20-10-7-11-21(16-20)34(31,32)26(2)3/h4-11,16H,12-15,17H2,1-3H3,(H,25,29). The molecule has 0 atom stereocenters. The summed E-state index contributed by atoms with van der Waals surface area (Å²) in [5.74, 6) is -1.16. The lowest BCUT2D eigenvalue weighted by atomic mass is 9.72. The highest BCUT2D eigenvalue weighted by molar-refractivity contribution is 7.89. The van der Waals surface area contributed by atoms with Crippen LogP contribution < -0.4 is 5.32 Å². The van der Waals surface area contributed by atoms with Crippen molar-refractivity contribution in [2.24, 2.45) is 0 Å². The first-order valence-electron chi connectivity index (χ1n) is 10.9. The van der Waals surface area contributed by atoms with Gasteiger partial charge in [0.2, 0.25) is 15.9 Å². The lowest BCUT2D eigenvalue weighted by Gasteiger charge is -2.40. The highest BCUT2D eigenvalue weighted by Crippen LogP contribution is 2.37. The molecular weight excluding hydrogens is 458 g/mol. The third-order valence-electron chi connectivity index (χ3n) is 6.01. The van der Waals surface area contributed by atoms with Gasteiger partial charge >= 0.3 is 5.97 Å². The predicted octanol–water partition coefficient (Wildman–Crippen LogP) is 2.00. The lowest BCUT2D eigenvalue weighted by Crippen LogP contribution is -2.49. The highest BCUT2D eigenvalue weighted by atomic mass is 32.2. The van der Waals surface area contributed by atoms with Crippen LogP contribution in [0.1, 0.15) is 25.3 Å². The molecule has 1 aliphatic heterocycles. The summed E-state index contributed by atoms with van der Waals surface area (Å²) in [4.78, 5) is 39.2. The van der Waals surface area contributed by atoms with E-state index in [1.807, 2.05) is 30.3 Å². The van der Waals surface area contributed by atoms with Crippen LogP contribution in [0.3, 0.4) is 0 Å². The number of piperidine rings is 1. The smallest absolute Gasteiger partial charge is 0.317 e. The van der Waals surface area contributed by atoms with Gasteiger partial charge in [0.15, 0.2) is 6.61 Å². The van der Waals surface area contributed by atoms with Crippen LogP contribution in [0.4, 0.5) is 5.69 Å². The van der Waals surface area contributed by atoms with Crippen molar-refractivity contribution in [2.75, 3.05) is 39.1 Å². The van der Waals surface area contributed by atoms with Gasteiger partial charge in [-0.3, -0.25) is 14.4 Å². The Morgan fingerprint density at radius 2 is 1.68 bits per heavy atom. The van der Waals surface area contributed by atoms with Gasteiger partial charge in [-0.15, -0.1) is 0 Å². The number of rotatable bonds is 7. The summed E-state index contributed by atoms with van der Waals surface area (Å²) in [6, 6.07) is 15.1. The van der Waals surface area contributed by atoms with Crippen LogP contribution in [-0.4, -0.2) is 69.2 Å². The number of ether oxygens (including phenoxy) is 1. The molecule has 0 radical (unpaired) electrons. The van der Waals surface area contributed by atoms with Gasteiger partial charge in [-0.2, -0.15) is 0 Å². The van der Waals surface area contributed by atoms with E-state index in [0.717, 1.165) is 9.87 Å². The normalized spacial score (nSPS) is 15.6. The number of esters is 1. The minimum atomic E-state index is -3.66. The van der Waals surface area contributed by atoms with Crippen LogP contribution in [0.2, 0.25) is 0 Å². The molecule has 34 heavy (non-hydrogen) atoms. The first kappa shape index (κ1) is 25.4. The number of hydrogen-bond donors (Lipinski definition) is 1. The van der Waals surface area contributed by atoms with Crippen LogP contribution in [0.15, 0.2) is 59.5 Å². The van der Waals surface area contributed by atoms with Crippen LogP contribution in [0, 0.1) is 0 Å². The molecule has 0 spiro atoms. The van der Waals surface area contributed by atoms with Gasteiger partial charge in [0.1, 0.15) is 0 Å². The lowest BCUT2D eigenvalue weighted by molar-refractivity contribution is -0.156. The van der Waals surface area contributed by atoms with Gasteiger partial charge in [-0.1, -0.05) is 36.4 Å². The fourth-order valence-electron chi connectivity index (χ4n) is 3.98. The zero-order chi connectivity index (χ0) is 24.9. The Hall–Kier alpha value is -3.24. The molecule has 2 aromatic rings. The molecule has 0 unspecified atom stereocenters. The van der Waals surface area contributed by atoms with Crippen molar-refractivity contribution < 1.29 is 27.5 Å². The highest BCUT2D eigenvalue weighted by Gasteiger charge is 2.44. The maximum absolute atomic E-state index is 13.2. The average molecular weight is 488 g/mol. The second kappa shape index (κ2) is 10.4. The molecule has 10 heteroatoms. The molecule has 1 fully saturated rings. The molecule has 0 saturated carbocycles. The molecule has 182 valence electrons. The topological polar surface area (TPSA) is 113 Å². The van der Waals surface area contributed by atoms with Crippen molar-refractivity contribution in [2.45, 2.75) is 30.1 Å². The van der Waals surface area contributed by atoms with Gasteiger partial charge in [0.05, 0.1) is 10.3 Å². The average Bonchev–Trinajstić information content (AvgIpc) is 2.83. The Kier molecular flexibility index (Phi) is 7.73. The van der Waals surface area contributed by atoms with Crippen molar-refractivity contribution in [1.29, 1.82) is 0 Å². The number of nitrogens with zero attached hydrogens (tertiary/aromatic N) is 2. The molecule has 3 rings (SSSR count). The molecular formula is C24H29N3O6S. The zero-order valence-electron chi connectivity index (χ0n) is 19.5. The fourth-order valence-corrected chi connectivity index (χ4v) is 4.93.